The quantitative estimate of drug-likeness (QED) is 0.445. The summed E-state index contributed by atoms with van der Waals surface area (Å²) in [7, 11) is 0. The number of hydrogen-bond acceptors (Lipinski definition) is 3. The van der Waals surface area contributed by atoms with Crippen LogP contribution in [-0.4, -0.2) is 10.7 Å². The highest BCUT2D eigenvalue weighted by Gasteiger charge is 2.18. The Morgan fingerprint density at radius 2 is 1.94 bits per heavy atom. The Balaban J connectivity index is 2.27. The first-order valence-electron chi connectivity index (χ1n) is 5.26. The van der Waals surface area contributed by atoms with Crippen molar-refractivity contribution in [1.29, 1.82) is 0 Å². The topological polar surface area (TPSA) is 60.2 Å². The van der Waals surface area contributed by atoms with Crippen LogP contribution >= 0.6 is 0 Å². The van der Waals surface area contributed by atoms with Crippen molar-refractivity contribution in [3.05, 3.63) is 57.7 Å². The molecule has 0 radical (unpaired) electrons. The Hall–Kier alpha value is -2.23. The zero-order chi connectivity index (χ0) is 12.4. The highest BCUT2D eigenvalue weighted by Crippen LogP contribution is 2.24. The van der Waals surface area contributed by atoms with Gasteiger partial charge in [-0.1, -0.05) is 13.0 Å². The van der Waals surface area contributed by atoms with Gasteiger partial charge in [-0.25, -0.2) is 0 Å². The van der Waals surface area contributed by atoms with Crippen molar-refractivity contribution in [2.24, 2.45) is 5.92 Å². The molecule has 1 aromatic rings. The van der Waals surface area contributed by atoms with Gasteiger partial charge in [0.05, 0.1) is 4.92 Å². The van der Waals surface area contributed by atoms with Gasteiger partial charge < -0.3 is 0 Å². The van der Waals surface area contributed by atoms with Crippen LogP contribution in [0.1, 0.15) is 12.5 Å². The summed E-state index contributed by atoms with van der Waals surface area (Å²) in [6.45, 7) is 1.94. The van der Waals surface area contributed by atoms with Crippen LogP contribution in [0.3, 0.4) is 0 Å². The molecule has 0 fully saturated rings. The van der Waals surface area contributed by atoms with E-state index in [1.54, 1.807) is 24.3 Å². The minimum atomic E-state index is -0.443. The lowest BCUT2D eigenvalue weighted by molar-refractivity contribution is -0.384. The van der Waals surface area contributed by atoms with E-state index in [0.29, 0.717) is 0 Å². The van der Waals surface area contributed by atoms with E-state index in [2.05, 4.69) is 0 Å². The molecule has 0 saturated carbocycles. The molecule has 1 aliphatic carbocycles. The van der Waals surface area contributed by atoms with Crippen LogP contribution in [0.15, 0.2) is 42.0 Å². The largest absolute Gasteiger partial charge is 0.290 e. The number of allylic oxidation sites excluding steroid dienone is 3. The molecule has 0 heterocycles. The van der Waals surface area contributed by atoms with Crippen molar-refractivity contribution < 1.29 is 9.72 Å². The minimum Gasteiger partial charge on any atom is -0.290 e. The molecule has 0 aliphatic heterocycles. The number of ketones is 1. The number of nitro groups is 1. The fourth-order valence-electron chi connectivity index (χ4n) is 1.73. The summed E-state index contributed by atoms with van der Waals surface area (Å²) in [4.78, 5) is 21.5. The molecule has 4 nitrogen and oxygen atoms in total. The molecule has 0 N–H and O–H groups in total. The van der Waals surface area contributed by atoms with E-state index in [1.165, 1.54) is 12.1 Å². The second kappa shape index (κ2) is 4.33. The average Bonchev–Trinajstić information content (AvgIpc) is 2.61. The van der Waals surface area contributed by atoms with Crippen LogP contribution in [0.4, 0.5) is 5.69 Å². The third-order valence-corrected chi connectivity index (χ3v) is 2.74. The molecular formula is C13H11NO3. The van der Waals surface area contributed by atoms with Gasteiger partial charge in [0, 0.05) is 23.6 Å². The molecule has 4 heteroatoms. The van der Waals surface area contributed by atoms with Gasteiger partial charge >= 0.3 is 0 Å². The molecule has 1 atom stereocenters. The van der Waals surface area contributed by atoms with Crippen molar-refractivity contribution in [3.8, 4) is 0 Å². The number of carbonyl (C=O) groups is 1. The number of benzene rings is 1. The normalized spacial score (nSPS) is 21.1. The summed E-state index contributed by atoms with van der Waals surface area (Å²) >= 11 is 0. The molecule has 86 valence electrons. The maximum absolute atomic E-state index is 11.5. The smallest absolute Gasteiger partial charge is 0.269 e. The molecule has 1 unspecified atom stereocenters. The fourth-order valence-corrected chi connectivity index (χ4v) is 1.73. The van der Waals surface area contributed by atoms with Crippen molar-refractivity contribution in [1.82, 2.24) is 0 Å². The van der Waals surface area contributed by atoms with Gasteiger partial charge in [0.2, 0.25) is 0 Å². The van der Waals surface area contributed by atoms with Gasteiger partial charge in [-0.2, -0.15) is 0 Å². The van der Waals surface area contributed by atoms with Crippen LogP contribution in [0.25, 0.3) is 6.08 Å². The molecule has 1 aromatic carbocycles. The van der Waals surface area contributed by atoms with E-state index in [9.17, 15) is 14.9 Å². The van der Waals surface area contributed by atoms with Crippen LogP contribution < -0.4 is 0 Å². The van der Waals surface area contributed by atoms with Gasteiger partial charge in [-0.05, 0) is 29.8 Å². The van der Waals surface area contributed by atoms with Crippen molar-refractivity contribution in [3.63, 3.8) is 0 Å². The lowest BCUT2D eigenvalue weighted by Crippen LogP contribution is -1.98. The zero-order valence-electron chi connectivity index (χ0n) is 9.29. The van der Waals surface area contributed by atoms with Crippen molar-refractivity contribution in [2.75, 3.05) is 0 Å². The maximum Gasteiger partial charge on any atom is 0.269 e. The van der Waals surface area contributed by atoms with Gasteiger partial charge in [-0.15, -0.1) is 0 Å². The Morgan fingerprint density at radius 1 is 1.29 bits per heavy atom. The van der Waals surface area contributed by atoms with Gasteiger partial charge in [0.25, 0.3) is 5.69 Å². The average molecular weight is 229 g/mol. The van der Waals surface area contributed by atoms with E-state index in [-0.39, 0.29) is 17.4 Å². The molecule has 0 spiro atoms. The first kappa shape index (κ1) is 11.3. The van der Waals surface area contributed by atoms with Gasteiger partial charge in [0.1, 0.15) is 0 Å². The Kier molecular flexibility index (Phi) is 2.87. The maximum atomic E-state index is 11.5. The number of non-ortho nitro benzene ring substituents is 1. The highest BCUT2D eigenvalue weighted by atomic mass is 16.6. The van der Waals surface area contributed by atoms with Crippen LogP contribution in [0, 0.1) is 16.0 Å². The predicted octanol–water partition coefficient (Wildman–Crippen LogP) is 2.75. The summed E-state index contributed by atoms with van der Waals surface area (Å²) in [5, 5.41) is 10.5. The predicted molar refractivity (Wildman–Crippen MR) is 64.4 cm³/mol. The van der Waals surface area contributed by atoms with Crippen molar-refractivity contribution >= 4 is 17.5 Å². The van der Waals surface area contributed by atoms with Crippen LogP contribution in [-0.2, 0) is 4.79 Å². The van der Waals surface area contributed by atoms with E-state index >= 15 is 0 Å². The Morgan fingerprint density at radius 3 is 2.41 bits per heavy atom. The van der Waals surface area contributed by atoms with E-state index in [1.807, 2.05) is 13.0 Å². The number of carbonyl (C=O) groups excluding carboxylic acids is 1. The monoisotopic (exact) mass is 229 g/mol. The summed E-state index contributed by atoms with van der Waals surface area (Å²) in [6, 6.07) is 6.15. The second-order valence-corrected chi connectivity index (χ2v) is 3.96. The molecule has 0 bridgehead atoms. The SMILES string of the molecule is CC1C=CC(=O)/C1=C/c1ccc([N+](=O)[O-])cc1. The standard InChI is InChI=1S/C13H11NO3/c1-9-2-7-13(15)12(9)8-10-3-5-11(6-4-10)14(16)17/h2-9H,1H3/b12-8+. The van der Waals surface area contributed by atoms with Crippen molar-refractivity contribution in [2.45, 2.75) is 6.92 Å². The first-order valence-corrected chi connectivity index (χ1v) is 5.26. The number of nitro benzene ring substituents is 1. The van der Waals surface area contributed by atoms with E-state index < -0.39 is 4.92 Å². The van der Waals surface area contributed by atoms with Gasteiger partial charge in [-0.3, -0.25) is 14.9 Å². The second-order valence-electron chi connectivity index (χ2n) is 3.96. The number of nitrogens with zero attached hydrogens (tertiary/aromatic N) is 1. The third-order valence-electron chi connectivity index (χ3n) is 2.74. The van der Waals surface area contributed by atoms with E-state index in [0.717, 1.165) is 11.1 Å². The lowest BCUT2D eigenvalue weighted by atomic mass is 10.0. The molecule has 0 aromatic heterocycles. The highest BCUT2D eigenvalue weighted by molar-refractivity contribution is 6.10. The lowest BCUT2D eigenvalue weighted by Gasteiger charge is -2.02. The van der Waals surface area contributed by atoms with Gasteiger partial charge in [0.15, 0.2) is 5.78 Å². The summed E-state index contributed by atoms with van der Waals surface area (Å²) in [6.07, 6.45) is 5.18. The molecule has 0 amide bonds. The summed E-state index contributed by atoms with van der Waals surface area (Å²) in [5.41, 5.74) is 1.57. The minimum absolute atomic E-state index is 0.0100. The van der Waals surface area contributed by atoms with E-state index in [4.69, 9.17) is 0 Å². The first-order chi connectivity index (χ1) is 8.08. The molecular weight excluding hydrogens is 218 g/mol. The Bertz CT molecular complexity index is 526. The Labute approximate surface area is 98.4 Å². The zero-order valence-corrected chi connectivity index (χ0v) is 9.29. The molecule has 2 rings (SSSR count). The summed E-state index contributed by atoms with van der Waals surface area (Å²) < 4.78 is 0. The molecule has 17 heavy (non-hydrogen) atoms. The fraction of sp³-hybridized carbons (Fsp3) is 0.154. The van der Waals surface area contributed by atoms with Crippen LogP contribution in [0.2, 0.25) is 0 Å². The summed E-state index contributed by atoms with van der Waals surface area (Å²) in [5.74, 6) is 0.119. The molecule has 1 aliphatic rings. The number of hydrogen-bond donors (Lipinski definition) is 0. The third kappa shape index (κ3) is 2.30. The molecule has 0 saturated heterocycles. The van der Waals surface area contributed by atoms with Crippen LogP contribution in [0.5, 0.6) is 0 Å². The number of rotatable bonds is 2.